The van der Waals surface area contributed by atoms with Crippen molar-refractivity contribution in [1.29, 1.82) is 0 Å². The molecule has 1 amide bonds. The van der Waals surface area contributed by atoms with Crippen LogP contribution in [0, 0.1) is 5.41 Å². The van der Waals surface area contributed by atoms with Crippen LogP contribution in [0.4, 0.5) is 0 Å². The van der Waals surface area contributed by atoms with Crippen LogP contribution in [-0.2, 0) is 17.1 Å². The third-order valence-corrected chi connectivity index (χ3v) is 5.73. The normalized spacial score (nSPS) is 20.4. The molecule has 2 aliphatic rings. The molecule has 7 heteroatoms. The molecule has 0 N–H and O–H groups in total. The lowest BCUT2D eigenvalue weighted by Gasteiger charge is -2.38. The van der Waals surface area contributed by atoms with Gasteiger partial charge in [0, 0.05) is 19.5 Å². The average molecular weight is 365 g/mol. The zero-order chi connectivity index (χ0) is 17.9. The summed E-state index contributed by atoms with van der Waals surface area (Å²) >= 11 is 1.69. The zero-order valence-electron chi connectivity index (χ0n) is 15.5. The topological polar surface area (TPSA) is 62.5 Å². The minimum atomic E-state index is 0.169. The second-order valence-electron chi connectivity index (χ2n) is 7.55. The van der Waals surface area contributed by atoms with Gasteiger partial charge in [-0.3, -0.25) is 9.69 Å². The van der Waals surface area contributed by atoms with Gasteiger partial charge >= 0.3 is 0 Å². The number of hydrogen-bond donors (Lipinski definition) is 0. The standard InChI is InChI=1S/C18H28N4O2S/c1-14(2)4-7-22-13-18(10-17(22)23)5-8-21(9-6-18)11-16-19-15(12-25-3)20-24-16/h4H,5-13H2,1-3H3. The molecule has 138 valence electrons. The van der Waals surface area contributed by atoms with Gasteiger partial charge in [-0.25, -0.2) is 0 Å². The highest BCUT2D eigenvalue weighted by molar-refractivity contribution is 7.97. The number of carbonyl (C=O) groups excluding carboxylic acids is 1. The Morgan fingerprint density at radius 2 is 2.12 bits per heavy atom. The van der Waals surface area contributed by atoms with Crippen molar-refractivity contribution in [3.63, 3.8) is 0 Å². The molecular formula is C18H28N4O2S. The lowest BCUT2D eigenvalue weighted by Crippen LogP contribution is -2.41. The number of thioether (sulfide) groups is 1. The van der Waals surface area contributed by atoms with Crippen molar-refractivity contribution in [2.75, 3.05) is 32.4 Å². The van der Waals surface area contributed by atoms with E-state index in [-0.39, 0.29) is 5.41 Å². The van der Waals surface area contributed by atoms with E-state index >= 15 is 0 Å². The maximum absolute atomic E-state index is 12.3. The molecule has 6 nitrogen and oxygen atoms in total. The molecular weight excluding hydrogens is 336 g/mol. The van der Waals surface area contributed by atoms with E-state index in [9.17, 15) is 4.79 Å². The van der Waals surface area contributed by atoms with E-state index in [0.29, 0.717) is 24.8 Å². The van der Waals surface area contributed by atoms with Crippen LogP contribution < -0.4 is 0 Å². The lowest BCUT2D eigenvalue weighted by atomic mass is 9.77. The summed E-state index contributed by atoms with van der Waals surface area (Å²) < 4.78 is 5.34. The molecule has 0 atom stereocenters. The SMILES string of the molecule is CSCc1noc(CN2CCC3(CC2)CC(=O)N(CC=C(C)C)C3)n1. The molecule has 0 aliphatic carbocycles. The van der Waals surface area contributed by atoms with Crippen molar-refractivity contribution in [1.82, 2.24) is 19.9 Å². The van der Waals surface area contributed by atoms with Crippen LogP contribution in [0.1, 0.15) is 44.8 Å². The summed E-state index contributed by atoms with van der Waals surface area (Å²) in [6.07, 6.45) is 7.01. The summed E-state index contributed by atoms with van der Waals surface area (Å²) in [5.74, 6) is 2.57. The van der Waals surface area contributed by atoms with Crippen LogP contribution in [0.15, 0.2) is 16.2 Å². The quantitative estimate of drug-likeness (QED) is 0.723. The van der Waals surface area contributed by atoms with E-state index in [0.717, 1.165) is 50.6 Å². The predicted octanol–water partition coefficient (Wildman–Crippen LogP) is 2.71. The fourth-order valence-electron chi connectivity index (χ4n) is 3.69. The number of allylic oxidation sites excluding steroid dienone is 1. The van der Waals surface area contributed by atoms with Gasteiger partial charge in [0.1, 0.15) is 0 Å². The van der Waals surface area contributed by atoms with Crippen LogP contribution in [0.25, 0.3) is 0 Å². The Morgan fingerprint density at radius 3 is 2.80 bits per heavy atom. The summed E-state index contributed by atoms with van der Waals surface area (Å²) in [7, 11) is 0. The third kappa shape index (κ3) is 4.64. The van der Waals surface area contributed by atoms with Gasteiger partial charge in [-0.05, 0) is 51.4 Å². The maximum Gasteiger partial charge on any atom is 0.240 e. The van der Waals surface area contributed by atoms with Gasteiger partial charge in [0.05, 0.1) is 12.3 Å². The monoisotopic (exact) mass is 364 g/mol. The van der Waals surface area contributed by atoms with Gasteiger partial charge in [-0.2, -0.15) is 16.7 Å². The average Bonchev–Trinajstić information content (AvgIpc) is 3.13. The smallest absolute Gasteiger partial charge is 0.240 e. The van der Waals surface area contributed by atoms with E-state index in [1.807, 2.05) is 11.2 Å². The molecule has 1 spiro atoms. The highest BCUT2D eigenvalue weighted by atomic mass is 32.2. The Balaban J connectivity index is 1.51. The molecule has 2 saturated heterocycles. The molecule has 2 fully saturated rings. The molecule has 25 heavy (non-hydrogen) atoms. The van der Waals surface area contributed by atoms with Crippen molar-refractivity contribution < 1.29 is 9.32 Å². The van der Waals surface area contributed by atoms with Crippen LogP contribution in [-0.4, -0.2) is 58.3 Å². The van der Waals surface area contributed by atoms with E-state index in [1.165, 1.54) is 5.57 Å². The minimum Gasteiger partial charge on any atom is -0.338 e. The molecule has 0 aromatic carbocycles. The summed E-state index contributed by atoms with van der Waals surface area (Å²) in [5, 5.41) is 4.01. The van der Waals surface area contributed by atoms with Crippen molar-refractivity contribution in [2.45, 2.75) is 45.4 Å². The van der Waals surface area contributed by atoms with Crippen LogP contribution in [0.5, 0.6) is 0 Å². The first-order chi connectivity index (χ1) is 12.0. The molecule has 3 heterocycles. The number of amides is 1. The van der Waals surface area contributed by atoms with Crippen molar-refractivity contribution in [3.8, 4) is 0 Å². The summed E-state index contributed by atoms with van der Waals surface area (Å²) in [6.45, 7) is 8.52. The Bertz CT molecular complexity index is 631. The summed E-state index contributed by atoms with van der Waals surface area (Å²) in [4.78, 5) is 21.2. The number of piperidine rings is 1. The zero-order valence-corrected chi connectivity index (χ0v) is 16.3. The number of aromatic nitrogens is 2. The summed E-state index contributed by atoms with van der Waals surface area (Å²) in [6, 6.07) is 0. The predicted molar refractivity (Wildman–Crippen MR) is 99.1 cm³/mol. The molecule has 2 aliphatic heterocycles. The number of carbonyl (C=O) groups is 1. The van der Waals surface area contributed by atoms with Crippen molar-refractivity contribution in [3.05, 3.63) is 23.4 Å². The van der Waals surface area contributed by atoms with Gasteiger partial charge < -0.3 is 9.42 Å². The Kier molecular flexibility index (Phi) is 5.84. The van der Waals surface area contributed by atoms with Crippen molar-refractivity contribution in [2.24, 2.45) is 5.41 Å². The molecule has 0 saturated carbocycles. The number of nitrogens with zero attached hydrogens (tertiary/aromatic N) is 4. The minimum absolute atomic E-state index is 0.169. The molecule has 0 unspecified atom stereocenters. The highest BCUT2D eigenvalue weighted by Gasteiger charge is 2.44. The van der Waals surface area contributed by atoms with Crippen molar-refractivity contribution >= 4 is 17.7 Å². The second-order valence-corrected chi connectivity index (χ2v) is 8.41. The number of hydrogen-bond acceptors (Lipinski definition) is 6. The first kappa shape index (κ1) is 18.5. The highest BCUT2D eigenvalue weighted by Crippen LogP contribution is 2.41. The van der Waals surface area contributed by atoms with Crippen LogP contribution in [0.2, 0.25) is 0 Å². The Hall–Kier alpha value is -1.34. The van der Waals surface area contributed by atoms with Gasteiger partial charge in [0.25, 0.3) is 0 Å². The first-order valence-corrected chi connectivity index (χ1v) is 10.3. The van der Waals surface area contributed by atoms with E-state index in [1.54, 1.807) is 11.8 Å². The van der Waals surface area contributed by atoms with E-state index in [2.05, 4.69) is 35.0 Å². The Morgan fingerprint density at radius 1 is 1.36 bits per heavy atom. The number of rotatable bonds is 6. The molecule has 1 aromatic rings. The van der Waals surface area contributed by atoms with Crippen LogP contribution in [0.3, 0.4) is 0 Å². The maximum atomic E-state index is 12.3. The fraction of sp³-hybridized carbons (Fsp3) is 0.722. The molecule has 1 aromatic heterocycles. The van der Waals surface area contributed by atoms with E-state index < -0.39 is 0 Å². The van der Waals surface area contributed by atoms with Gasteiger partial charge in [-0.15, -0.1) is 0 Å². The van der Waals surface area contributed by atoms with E-state index in [4.69, 9.17) is 4.52 Å². The Labute approximate surface area is 154 Å². The molecule has 0 bridgehead atoms. The van der Waals surface area contributed by atoms with Crippen LogP contribution >= 0.6 is 11.8 Å². The first-order valence-electron chi connectivity index (χ1n) is 8.94. The second kappa shape index (κ2) is 7.91. The lowest BCUT2D eigenvalue weighted by molar-refractivity contribution is -0.127. The van der Waals surface area contributed by atoms with Gasteiger partial charge in [-0.1, -0.05) is 16.8 Å². The number of likely N-dealkylation sites (tertiary alicyclic amines) is 2. The molecule has 3 rings (SSSR count). The van der Waals surface area contributed by atoms with Gasteiger partial charge in [0.2, 0.25) is 11.8 Å². The largest absolute Gasteiger partial charge is 0.338 e. The third-order valence-electron chi connectivity index (χ3n) is 5.18. The van der Waals surface area contributed by atoms with Gasteiger partial charge in [0.15, 0.2) is 5.82 Å². The molecule has 0 radical (unpaired) electrons. The fourth-order valence-corrected chi connectivity index (χ4v) is 4.07. The summed E-state index contributed by atoms with van der Waals surface area (Å²) in [5.41, 5.74) is 1.44.